The molecule has 0 aliphatic carbocycles. The number of hydrogen-bond acceptors (Lipinski definition) is 4. The van der Waals surface area contributed by atoms with Crippen LogP contribution in [-0.4, -0.2) is 36.1 Å². The summed E-state index contributed by atoms with van der Waals surface area (Å²) in [6, 6.07) is 3.22. The van der Waals surface area contributed by atoms with Crippen molar-refractivity contribution in [3.8, 4) is 5.75 Å². The molecule has 0 aliphatic rings. The molecule has 0 saturated heterocycles. The Morgan fingerprint density at radius 3 is 2.50 bits per heavy atom. The van der Waals surface area contributed by atoms with Gasteiger partial charge in [-0.25, -0.2) is 4.39 Å². The van der Waals surface area contributed by atoms with Gasteiger partial charge in [0.05, 0.1) is 17.1 Å². The van der Waals surface area contributed by atoms with Crippen molar-refractivity contribution in [2.45, 2.75) is 19.4 Å². The highest BCUT2D eigenvalue weighted by molar-refractivity contribution is 5.38. The van der Waals surface area contributed by atoms with Gasteiger partial charge in [-0.2, -0.15) is 0 Å². The van der Waals surface area contributed by atoms with Crippen molar-refractivity contribution in [1.29, 1.82) is 0 Å². The molecule has 0 aromatic heterocycles. The predicted molar refractivity (Wildman–Crippen MR) is 66.3 cm³/mol. The van der Waals surface area contributed by atoms with Gasteiger partial charge in [0.25, 0.3) is 5.69 Å². The van der Waals surface area contributed by atoms with Gasteiger partial charge in [0.15, 0.2) is 0 Å². The van der Waals surface area contributed by atoms with Crippen LogP contribution >= 0.6 is 0 Å². The minimum Gasteiger partial charge on any atom is -0.491 e. The summed E-state index contributed by atoms with van der Waals surface area (Å²) in [6.45, 7) is 4.22. The molecule has 0 spiro atoms. The zero-order valence-corrected chi connectivity index (χ0v) is 10.9. The molecule has 6 heteroatoms. The van der Waals surface area contributed by atoms with Gasteiger partial charge in [0, 0.05) is 11.6 Å². The molecule has 0 radical (unpaired) electrons. The maximum Gasteiger partial charge on any atom is 0.276 e. The first-order chi connectivity index (χ1) is 8.22. The number of nitro groups is 1. The molecule has 0 N–H and O–H groups in total. The first-order valence-electron chi connectivity index (χ1n) is 5.47. The minimum absolute atomic E-state index is 0.164. The molecule has 0 heterocycles. The normalized spacial score (nSPS) is 11.7. The highest BCUT2D eigenvalue weighted by Crippen LogP contribution is 2.23. The summed E-state index contributed by atoms with van der Waals surface area (Å²) < 4.78 is 18.6. The zero-order valence-electron chi connectivity index (χ0n) is 10.9. The first-order valence-corrected chi connectivity index (χ1v) is 5.47. The van der Waals surface area contributed by atoms with Crippen LogP contribution in [0.25, 0.3) is 0 Å². The summed E-state index contributed by atoms with van der Waals surface area (Å²) in [4.78, 5) is 11.9. The Bertz CT molecular complexity index is 447. The Labute approximate surface area is 105 Å². The molecule has 1 rings (SSSR count). The Balaban J connectivity index is 2.83. The van der Waals surface area contributed by atoms with E-state index in [4.69, 9.17) is 4.74 Å². The van der Waals surface area contributed by atoms with Gasteiger partial charge in [0.1, 0.15) is 18.2 Å². The summed E-state index contributed by atoms with van der Waals surface area (Å²) in [5.41, 5.74) is -0.561. The van der Waals surface area contributed by atoms with Crippen molar-refractivity contribution in [3.63, 3.8) is 0 Å². The van der Waals surface area contributed by atoms with E-state index in [-0.39, 0.29) is 17.0 Å². The van der Waals surface area contributed by atoms with Gasteiger partial charge < -0.3 is 9.64 Å². The van der Waals surface area contributed by atoms with Gasteiger partial charge >= 0.3 is 0 Å². The van der Waals surface area contributed by atoms with E-state index in [1.807, 2.05) is 32.8 Å². The van der Waals surface area contributed by atoms with Gasteiger partial charge in [-0.05, 0) is 27.9 Å². The molecule has 100 valence electrons. The van der Waals surface area contributed by atoms with Crippen LogP contribution in [0.1, 0.15) is 13.8 Å². The number of benzene rings is 1. The largest absolute Gasteiger partial charge is 0.491 e. The fraction of sp³-hybridized carbons (Fsp3) is 0.500. The van der Waals surface area contributed by atoms with Gasteiger partial charge in [-0.3, -0.25) is 10.1 Å². The van der Waals surface area contributed by atoms with Crippen LogP contribution in [0.2, 0.25) is 0 Å². The maximum absolute atomic E-state index is 13.2. The second-order valence-electron chi connectivity index (χ2n) is 4.90. The summed E-state index contributed by atoms with van der Waals surface area (Å²) in [5, 5.41) is 10.6. The zero-order chi connectivity index (χ0) is 13.9. The fourth-order valence-electron chi connectivity index (χ4n) is 1.13. The number of non-ortho nitro benzene ring substituents is 1. The van der Waals surface area contributed by atoms with Crippen LogP contribution in [0.4, 0.5) is 10.1 Å². The molecular formula is C12H17FN2O3. The third-order valence-electron chi connectivity index (χ3n) is 2.87. The molecule has 1 aromatic carbocycles. The first kappa shape index (κ1) is 14.4. The third-order valence-corrected chi connectivity index (χ3v) is 2.87. The second-order valence-corrected chi connectivity index (χ2v) is 4.90. The van der Waals surface area contributed by atoms with Crippen molar-refractivity contribution >= 4 is 5.69 Å². The van der Waals surface area contributed by atoms with Gasteiger partial charge in [-0.15, -0.1) is 0 Å². The molecule has 1 aromatic rings. The van der Waals surface area contributed by atoms with Crippen molar-refractivity contribution < 1.29 is 14.1 Å². The highest BCUT2D eigenvalue weighted by Gasteiger charge is 2.22. The lowest BCUT2D eigenvalue weighted by Crippen LogP contribution is -2.43. The molecule has 0 bridgehead atoms. The Morgan fingerprint density at radius 2 is 2.00 bits per heavy atom. The van der Waals surface area contributed by atoms with Gasteiger partial charge in [-0.1, -0.05) is 0 Å². The van der Waals surface area contributed by atoms with E-state index in [9.17, 15) is 14.5 Å². The SMILES string of the molecule is CN(C)C(C)(C)COc1cc(F)cc([N+](=O)[O-])c1. The molecule has 0 amide bonds. The predicted octanol–water partition coefficient (Wildman–Crippen LogP) is 2.45. The van der Waals surface area contributed by atoms with Crippen molar-refractivity contribution in [2.24, 2.45) is 0 Å². The molecule has 0 atom stereocenters. The standard InChI is InChI=1S/C12H17FN2O3/c1-12(2,14(3)4)8-18-11-6-9(13)5-10(7-11)15(16)17/h5-7H,8H2,1-4H3. The number of halogens is 1. The third kappa shape index (κ3) is 3.66. The maximum atomic E-state index is 13.2. The van der Waals surface area contributed by atoms with E-state index >= 15 is 0 Å². The van der Waals surface area contributed by atoms with E-state index in [1.165, 1.54) is 6.07 Å². The van der Waals surface area contributed by atoms with E-state index in [1.54, 1.807) is 0 Å². The molecular weight excluding hydrogens is 239 g/mol. The van der Waals surface area contributed by atoms with Crippen LogP contribution in [0.5, 0.6) is 5.75 Å². The van der Waals surface area contributed by atoms with Crippen LogP contribution in [0, 0.1) is 15.9 Å². The molecule has 18 heavy (non-hydrogen) atoms. The van der Waals surface area contributed by atoms with Crippen LogP contribution in [0.15, 0.2) is 18.2 Å². The number of nitro benzene ring substituents is 1. The summed E-state index contributed by atoms with van der Waals surface area (Å²) in [5.74, 6) is -0.515. The summed E-state index contributed by atoms with van der Waals surface area (Å²) in [7, 11) is 3.80. The highest BCUT2D eigenvalue weighted by atomic mass is 19.1. The van der Waals surface area contributed by atoms with E-state index < -0.39 is 10.7 Å². The second kappa shape index (κ2) is 5.30. The van der Waals surface area contributed by atoms with Crippen LogP contribution < -0.4 is 4.74 Å². The lowest BCUT2D eigenvalue weighted by molar-refractivity contribution is -0.385. The average molecular weight is 256 g/mol. The number of nitrogens with zero attached hydrogens (tertiary/aromatic N) is 2. The van der Waals surface area contributed by atoms with E-state index in [2.05, 4.69) is 0 Å². The smallest absolute Gasteiger partial charge is 0.276 e. The molecule has 5 nitrogen and oxygen atoms in total. The van der Waals surface area contributed by atoms with E-state index in [0.717, 1.165) is 12.1 Å². The Hall–Kier alpha value is -1.69. The fourth-order valence-corrected chi connectivity index (χ4v) is 1.13. The Kier molecular flexibility index (Phi) is 4.24. The average Bonchev–Trinajstić information content (AvgIpc) is 2.25. The van der Waals surface area contributed by atoms with Crippen molar-refractivity contribution in [1.82, 2.24) is 4.90 Å². The molecule has 0 fully saturated rings. The monoisotopic (exact) mass is 256 g/mol. The van der Waals surface area contributed by atoms with Crippen LogP contribution in [-0.2, 0) is 0 Å². The Morgan fingerprint density at radius 1 is 1.39 bits per heavy atom. The van der Waals surface area contributed by atoms with Crippen molar-refractivity contribution in [2.75, 3.05) is 20.7 Å². The quantitative estimate of drug-likeness (QED) is 0.600. The summed E-state index contributed by atoms with van der Waals surface area (Å²) >= 11 is 0. The number of likely N-dealkylation sites (N-methyl/N-ethyl adjacent to an activating group) is 1. The number of rotatable bonds is 5. The number of hydrogen-bond donors (Lipinski definition) is 0. The lowest BCUT2D eigenvalue weighted by Gasteiger charge is -2.32. The molecule has 0 unspecified atom stereocenters. The van der Waals surface area contributed by atoms with Crippen LogP contribution in [0.3, 0.4) is 0 Å². The van der Waals surface area contributed by atoms with Gasteiger partial charge in [0.2, 0.25) is 0 Å². The minimum atomic E-state index is -0.679. The van der Waals surface area contributed by atoms with E-state index in [0.29, 0.717) is 6.61 Å². The lowest BCUT2D eigenvalue weighted by atomic mass is 10.1. The topological polar surface area (TPSA) is 55.6 Å². The molecule has 0 saturated carbocycles. The molecule has 0 aliphatic heterocycles. The van der Waals surface area contributed by atoms with Crippen molar-refractivity contribution in [3.05, 3.63) is 34.1 Å². The number of ether oxygens (including phenoxy) is 1. The summed E-state index contributed by atoms with van der Waals surface area (Å²) in [6.07, 6.45) is 0.